The zero-order valence-corrected chi connectivity index (χ0v) is 11.8. The number of rotatable bonds is 4. The van der Waals surface area contributed by atoms with Gasteiger partial charge in [0.25, 0.3) is 0 Å². The Hall–Kier alpha value is -1.13. The number of nitrogens with zero attached hydrogens (tertiary/aromatic N) is 2. The summed E-state index contributed by atoms with van der Waals surface area (Å²) in [6.45, 7) is 3.13. The third-order valence-electron chi connectivity index (χ3n) is 3.52. The summed E-state index contributed by atoms with van der Waals surface area (Å²) in [5, 5.41) is 7.86. The Morgan fingerprint density at radius 1 is 1.50 bits per heavy atom. The van der Waals surface area contributed by atoms with E-state index in [-0.39, 0.29) is 0 Å². The van der Waals surface area contributed by atoms with Crippen LogP contribution in [-0.4, -0.2) is 16.3 Å². The first-order valence-corrected chi connectivity index (χ1v) is 7.43. The highest BCUT2D eigenvalue weighted by Gasteiger charge is 2.21. The van der Waals surface area contributed by atoms with Crippen LogP contribution in [0.15, 0.2) is 18.5 Å². The monoisotopic (exact) mass is 261 g/mol. The van der Waals surface area contributed by atoms with Crippen LogP contribution >= 0.6 is 11.3 Å². The van der Waals surface area contributed by atoms with Crippen molar-refractivity contribution in [2.75, 3.05) is 6.54 Å². The lowest BCUT2D eigenvalue weighted by atomic mass is 10.1. The van der Waals surface area contributed by atoms with Crippen molar-refractivity contribution in [3.63, 3.8) is 0 Å². The van der Waals surface area contributed by atoms with E-state index in [9.17, 15) is 0 Å². The Bertz CT molecular complexity index is 519. The second-order valence-electron chi connectivity index (χ2n) is 4.89. The topological polar surface area (TPSA) is 29.9 Å². The SMILES string of the molecule is CCNC(c1cnn(C)c1)c1cc2c(s1)CCC2. The number of aryl methyl sites for hydroxylation is 3. The molecule has 1 unspecified atom stereocenters. The molecule has 0 spiro atoms. The van der Waals surface area contributed by atoms with Gasteiger partial charge in [0.15, 0.2) is 0 Å². The van der Waals surface area contributed by atoms with Crippen LogP contribution in [0.4, 0.5) is 0 Å². The lowest BCUT2D eigenvalue weighted by Gasteiger charge is -2.14. The number of nitrogens with one attached hydrogen (secondary N) is 1. The van der Waals surface area contributed by atoms with Gasteiger partial charge in [-0.05, 0) is 37.4 Å². The van der Waals surface area contributed by atoms with Gasteiger partial charge in [-0.2, -0.15) is 5.10 Å². The molecule has 1 N–H and O–H groups in total. The van der Waals surface area contributed by atoms with Crippen LogP contribution in [0.25, 0.3) is 0 Å². The fourth-order valence-corrected chi connectivity index (χ4v) is 4.03. The Morgan fingerprint density at radius 2 is 2.39 bits per heavy atom. The molecule has 0 aromatic carbocycles. The summed E-state index contributed by atoms with van der Waals surface area (Å²) >= 11 is 1.97. The minimum absolute atomic E-state index is 0.305. The van der Waals surface area contributed by atoms with Crippen molar-refractivity contribution >= 4 is 11.3 Å². The minimum Gasteiger partial charge on any atom is -0.306 e. The first-order chi connectivity index (χ1) is 8.78. The summed E-state index contributed by atoms with van der Waals surface area (Å²) in [7, 11) is 1.97. The predicted octanol–water partition coefficient (Wildman–Crippen LogP) is 2.67. The van der Waals surface area contributed by atoms with E-state index in [0.717, 1.165) is 6.54 Å². The molecule has 4 heteroatoms. The van der Waals surface area contributed by atoms with Gasteiger partial charge < -0.3 is 5.32 Å². The lowest BCUT2D eigenvalue weighted by molar-refractivity contribution is 0.638. The summed E-state index contributed by atoms with van der Waals surface area (Å²) in [5.41, 5.74) is 2.83. The third-order valence-corrected chi connectivity index (χ3v) is 4.82. The molecule has 2 heterocycles. The smallest absolute Gasteiger partial charge is 0.0702 e. The van der Waals surface area contributed by atoms with Gasteiger partial charge >= 0.3 is 0 Å². The van der Waals surface area contributed by atoms with Gasteiger partial charge in [0, 0.05) is 28.6 Å². The Kier molecular flexibility index (Phi) is 3.22. The molecule has 0 aliphatic heterocycles. The van der Waals surface area contributed by atoms with Crippen molar-refractivity contribution in [2.24, 2.45) is 7.05 Å². The van der Waals surface area contributed by atoms with E-state index in [2.05, 4.69) is 29.6 Å². The highest BCUT2D eigenvalue weighted by atomic mass is 32.1. The fourth-order valence-electron chi connectivity index (χ4n) is 2.67. The van der Waals surface area contributed by atoms with Crippen LogP contribution in [0.2, 0.25) is 0 Å². The average Bonchev–Trinajstić information content (AvgIpc) is 3.00. The maximum Gasteiger partial charge on any atom is 0.0702 e. The normalized spacial score (nSPS) is 15.9. The first kappa shape index (κ1) is 11.9. The Balaban J connectivity index is 1.93. The van der Waals surface area contributed by atoms with Gasteiger partial charge in [-0.15, -0.1) is 11.3 Å². The molecule has 0 fully saturated rings. The van der Waals surface area contributed by atoms with Crippen molar-refractivity contribution in [1.29, 1.82) is 0 Å². The molecule has 0 radical (unpaired) electrons. The van der Waals surface area contributed by atoms with E-state index in [0.29, 0.717) is 6.04 Å². The molecule has 0 bridgehead atoms. The second kappa shape index (κ2) is 4.86. The van der Waals surface area contributed by atoms with E-state index < -0.39 is 0 Å². The number of thiophene rings is 1. The van der Waals surface area contributed by atoms with Gasteiger partial charge in [-0.1, -0.05) is 6.92 Å². The Labute approximate surface area is 112 Å². The summed E-state index contributed by atoms with van der Waals surface area (Å²) in [4.78, 5) is 3.03. The molecule has 2 aromatic rings. The van der Waals surface area contributed by atoms with E-state index in [1.165, 1.54) is 29.7 Å². The van der Waals surface area contributed by atoms with Gasteiger partial charge in [-0.25, -0.2) is 0 Å². The molecule has 0 saturated heterocycles. The van der Waals surface area contributed by atoms with E-state index in [1.54, 1.807) is 10.4 Å². The number of hydrogen-bond donors (Lipinski definition) is 1. The highest BCUT2D eigenvalue weighted by Crippen LogP contribution is 2.35. The zero-order chi connectivity index (χ0) is 12.5. The Morgan fingerprint density at radius 3 is 3.06 bits per heavy atom. The minimum atomic E-state index is 0.305. The molecule has 3 rings (SSSR count). The molecule has 1 atom stereocenters. The lowest BCUT2D eigenvalue weighted by Crippen LogP contribution is -2.20. The molecule has 0 amide bonds. The number of aromatic nitrogens is 2. The maximum absolute atomic E-state index is 4.29. The molecule has 1 aliphatic rings. The quantitative estimate of drug-likeness (QED) is 0.917. The number of fused-ring (bicyclic) bond motifs is 1. The van der Waals surface area contributed by atoms with Crippen molar-refractivity contribution in [1.82, 2.24) is 15.1 Å². The fraction of sp³-hybridized carbons (Fsp3) is 0.500. The van der Waals surface area contributed by atoms with Crippen molar-refractivity contribution in [3.8, 4) is 0 Å². The molecular formula is C14H19N3S. The standard InChI is InChI=1S/C14H19N3S/c1-3-15-14(11-8-16-17(2)9-11)13-7-10-5-4-6-12(10)18-13/h7-9,14-15H,3-6H2,1-2H3. The van der Waals surface area contributed by atoms with Gasteiger partial charge in [-0.3, -0.25) is 4.68 Å². The van der Waals surface area contributed by atoms with Crippen molar-refractivity contribution in [3.05, 3.63) is 39.3 Å². The molecule has 2 aromatic heterocycles. The molecule has 0 saturated carbocycles. The van der Waals surface area contributed by atoms with Crippen molar-refractivity contribution in [2.45, 2.75) is 32.2 Å². The third kappa shape index (κ3) is 2.10. The molecular weight excluding hydrogens is 242 g/mol. The summed E-state index contributed by atoms with van der Waals surface area (Å²) in [6, 6.07) is 2.70. The van der Waals surface area contributed by atoms with Crippen LogP contribution in [0, 0.1) is 0 Å². The molecule has 96 valence electrons. The van der Waals surface area contributed by atoms with E-state index >= 15 is 0 Å². The van der Waals surface area contributed by atoms with Crippen LogP contribution < -0.4 is 5.32 Å². The number of hydrogen-bond acceptors (Lipinski definition) is 3. The van der Waals surface area contributed by atoms with Crippen LogP contribution in [-0.2, 0) is 19.9 Å². The average molecular weight is 261 g/mol. The van der Waals surface area contributed by atoms with Gasteiger partial charge in [0.1, 0.15) is 0 Å². The summed E-state index contributed by atoms with van der Waals surface area (Å²) in [6.07, 6.45) is 7.94. The predicted molar refractivity (Wildman–Crippen MR) is 75.1 cm³/mol. The first-order valence-electron chi connectivity index (χ1n) is 6.61. The van der Waals surface area contributed by atoms with Gasteiger partial charge in [0.05, 0.1) is 12.2 Å². The molecule has 3 nitrogen and oxygen atoms in total. The molecule has 18 heavy (non-hydrogen) atoms. The van der Waals surface area contributed by atoms with Gasteiger partial charge in [0.2, 0.25) is 0 Å². The molecule has 1 aliphatic carbocycles. The highest BCUT2D eigenvalue weighted by molar-refractivity contribution is 7.12. The van der Waals surface area contributed by atoms with E-state index in [4.69, 9.17) is 0 Å². The zero-order valence-electron chi connectivity index (χ0n) is 10.9. The van der Waals surface area contributed by atoms with Crippen LogP contribution in [0.3, 0.4) is 0 Å². The maximum atomic E-state index is 4.29. The van der Waals surface area contributed by atoms with Crippen LogP contribution in [0.5, 0.6) is 0 Å². The largest absolute Gasteiger partial charge is 0.306 e. The van der Waals surface area contributed by atoms with Crippen molar-refractivity contribution < 1.29 is 0 Å². The second-order valence-corrected chi connectivity index (χ2v) is 6.06. The summed E-state index contributed by atoms with van der Waals surface area (Å²) < 4.78 is 1.88. The van der Waals surface area contributed by atoms with E-state index in [1.807, 2.05) is 29.3 Å². The van der Waals surface area contributed by atoms with Crippen LogP contribution in [0.1, 0.15) is 40.3 Å². The summed E-state index contributed by atoms with van der Waals surface area (Å²) in [5.74, 6) is 0.